The van der Waals surface area contributed by atoms with E-state index in [9.17, 15) is 22.8 Å². The number of carbonyl (C=O) groups excluding carboxylic acids is 2. The number of aliphatic hydroxyl groups is 1. The van der Waals surface area contributed by atoms with Crippen molar-refractivity contribution in [3.05, 3.63) is 0 Å². The number of alkyl halides is 3. The minimum absolute atomic E-state index is 0.286. The molecule has 0 spiro atoms. The van der Waals surface area contributed by atoms with Crippen molar-refractivity contribution in [2.75, 3.05) is 13.2 Å². The molecule has 0 unspecified atom stereocenters. The van der Waals surface area contributed by atoms with Gasteiger partial charge in [0.25, 0.3) is 0 Å². The lowest BCUT2D eigenvalue weighted by Gasteiger charge is -2.23. The highest BCUT2D eigenvalue weighted by molar-refractivity contribution is 5.82. The zero-order valence-electron chi connectivity index (χ0n) is 9.52. The van der Waals surface area contributed by atoms with Crippen LogP contribution in [0.4, 0.5) is 13.2 Å². The SMILES string of the molecule is CC(C)(CO)NC(=O)CCNC(=O)C(F)(F)F. The maximum absolute atomic E-state index is 11.8. The van der Waals surface area contributed by atoms with Crippen LogP contribution in [0.3, 0.4) is 0 Å². The van der Waals surface area contributed by atoms with Gasteiger partial charge in [-0.15, -0.1) is 0 Å². The first-order valence-electron chi connectivity index (χ1n) is 4.85. The summed E-state index contributed by atoms with van der Waals surface area (Å²) in [6, 6.07) is 0. The normalized spacial score (nSPS) is 12.1. The van der Waals surface area contributed by atoms with Crippen molar-refractivity contribution in [1.29, 1.82) is 0 Å². The van der Waals surface area contributed by atoms with E-state index in [1.165, 1.54) is 0 Å². The lowest BCUT2D eigenvalue weighted by atomic mass is 10.1. The first-order chi connectivity index (χ1) is 7.58. The van der Waals surface area contributed by atoms with E-state index < -0.39 is 30.1 Å². The van der Waals surface area contributed by atoms with E-state index in [1.807, 2.05) is 0 Å². The highest BCUT2D eigenvalue weighted by Gasteiger charge is 2.38. The van der Waals surface area contributed by atoms with E-state index >= 15 is 0 Å². The molecule has 100 valence electrons. The Bertz CT molecular complexity index is 290. The predicted molar refractivity (Wildman–Crippen MR) is 53.0 cm³/mol. The van der Waals surface area contributed by atoms with Gasteiger partial charge < -0.3 is 15.7 Å². The Hall–Kier alpha value is -1.31. The van der Waals surface area contributed by atoms with Crippen molar-refractivity contribution in [1.82, 2.24) is 10.6 Å². The summed E-state index contributed by atoms with van der Waals surface area (Å²) < 4.78 is 35.3. The minimum Gasteiger partial charge on any atom is -0.394 e. The zero-order chi connectivity index (χ0) is 13.7. The summed E-state index contributed by atoms with van der Waals surface area (Å²) in [5, 5.41) is 12.8. The third kappa shape index (κ3) is 6.77. The minimum atomic E-state index is -4.94. The summed E-state index contributed by atoms with van der Waals surface area (Å²) >= 11 is 0. The number of aliphatic hydroxyl groups excluding tert-OH is 1. The number of carbonyl (C=O) groups is 2. The van der Waals surface area contributed by atoms with Gasteiger partial charge in [-0.25, -0.2) is 0 Å². The molecule has 0 aliphatic carbocycles. The average Bonchev–Trinajstić information content (AvgIpc) is 2.15. The van der Waals surface area contributed by atoms with E-state index in [2.05, 4.69) is 5.32 Å². The number of nitrogens with one attached hydrogen (secondary N) is 2. The summed E-state index contributed by atoms with van der Waals surface area (Å²) in [5.41, 5.74) is -0.842. The number of halogens is 3. The molecule has 0 heterocycles. The molecular weight excluding hydrogens is 241 g/mol. The van der Waals surface area contributed by atoms with Crippen molar-refractivity contribution >= 4 is 11.8 Å². The lowest BCUT2D eigenvalue weighted by molar-refractivity contribution is -0.173. The molecule has 0 saturated carbocycles. The van der Waals surface area contributed by atoms with Gasteiger partial charge in [-0.1, -0.05) is 0 Å². The molecule has 5 nitrogen and oxygen atoms in total. The molecule has 8 heteroatoms. The molecule has 0 aliphatic heterocycles. The maximum Gasteiger partial charge on any atom is 0.471 e. The molecule has 2 amide bonds. The number of hydrogen-bond acceptors (Lipinski definition) is 3. The van der Waals surface area contributed by atoms with Crippen LogP contribution in [0.25, 0.3) is 0 Å². The summed E-state index contributed by atoms with van der Waals surface area (Å²) in [6.45, 7) is 2.40. The van der Waals surface area contributed by atoms with Gasteiger partial charge in [-0.3, -0.25) is 9.59 Å². The first-order valence-corrected chi connectivity index (χ1v) is 4.85. The highest BCUT2D eigenvalue weighted by Crippen LogP contribution is 2.13. The van der Waals surface area contributed by atoms with Gasteiger partial charge in [0.1, 0.15) is 0 Å². The monoisotopic (exact) mass is 256 g/mol. The number of hydrogen-bond donors (Lipinski definition) is 3. The second kappa shape index (κ2) is 5.85. The summed E-state index contributed by atoms with van der Waals surface area (Å²) in [4.78, 5) is 21.6. The van der Waals surface area contributed by atoms with Crippen LogP contribution in [-0.4, -0.2) is 41.8 Å². The van der Waals surface area contributed by atoms with Crippen LogP contribution in [-0.2, 0) is 9.59 Å². The molecule has 0 saturated heterocycles. The van der Waals surface area contributed by atoms with E-state index in [0.717, 1.165) is 0 Å². The Morgan fingerprint density at radius 3 is 2.18 bits per heavy atom. The van der Waals surface area contributed by atoms with Gasteiger partial charge in [-0.05, 0) is 13.8 Å². The largest absolute Gasteiger partial charge is 0.471 e. The lowest BCUT2D eigenvalue weighted by Crippen LogP contribution is -2.47. The quantitative estimate of drug-likeness (QED) is 0.645. The van der Waals surface area contributed by atoms with Crippen LogP contribution in [0.15, 0.2) is 0 Å². The summed E-state index contributed by atoms with van der Waals surface area (Å²) in [7, 11) is 0. The molecule has 0 radical (unpaired) electrons. The standard InChI is InChI=1S/C9H15F3N2O3/c1-8(2,5-15)14-6(16)3-4-13-7(17)9(10,11)12/h15H,3-5H2,1-2H3,(H,13,17)(H,14,16). The number of rotatable bonds is 5. The fourth-order valence-electron chi connectivity index (χ4n) is 0.869. The first kappa shape index (κ1) is 15.7. The molecule has 0 aliphatic rings. The Labute approximate surface area is 96.4 Å². The second-order valence-electron chi connectivity index (χ2n) is 4.09. The van der Waals surface area contributed by atoms with Crippen molar-refractivity contribution in [3.8, 4) is 0 Å². The van der Waals surface area contributed by atoms with Crippen molar-refractivity contribution in [2.24, 2.45) is 0 Å². The molecular formula is C9H15F3N2O3. The van der Waals surface area contributed by atoms with Crippen molar-refractivity contribution < 1.29 is 27.9 Å². The summed E-state index contributed by atoms with van der Waals surface area (Å²) in [5.74, 6) is -2.63. The molecule has 0 bridgehead atoms. The third-order valence-corrected chi connectivity index (χ3v) is 1.77. The van der Waals surface area contributed by atoms with Crippen LogP contribution < -0.4 is 10.6 Å². The van der Waals surface area contributed by atoms with Crippen molar-refractivity contribution in [3.63, 3.8) is 0 Å². The molecule has 0 fully saturated rings. The van der Waals surface area contributed by atoms with E-state index in [4.69, 9.17) is 5.11 Å². The summed E-state index contributed by atoms with van der Waals surface area (Å²) in [6.07, 6.45) is -5.23. The molecule has 0 rings (SSSR count). The van der Waals surface area contributed by atoms with Crippen LogP contribution >= 0.6 is 0 Å². The third-order valence-electron chi connectivity index (χ3n) is 1.77. The Kier molecular flexibility index (Phi) is 5.40. The fourth-order valence-corrected chi connectivity index (χ4v) is 0.869. The maximum atomic E-state index is 11.8. The van der Waals surface area contributed by atoms with Crippen LogP contribution in [0.1, 0.15) is 20.3 Å². The zero-order valence-corrected chi connectivity index (χ0v) is 9.52. The average molecular weight is 256 g/mol. The van der Waals surface area contributed by atoms with Gasteiger partial charge in [0.2, 0.25) is 5.91 Å². The van der Waals surface area contributed by atoms with Crippen LogP contribution in [0, 0.1) is 0 Å². The smallest absolute Gasteiger partial charge is 0.394 e. The molecule has 17 heavy (non-hydrogen) atoms. The molecule has 0 aromatic heterocycles. The van der Waals surface area contributed by atoms with Gasteiger partial charge in [0.15, 0.2) is 0 Å². The van der Waals surface area contributed by atoms with Crippen molar-refractivity contribution in [2.45, 2.75) is 32.0 Å². The molecule has 0 atom stereocenters. The molecule has 3 N–H and O–H groups in total. The van der Waals surface area contributed by atoms with Gasteiger partial charge in [0, 0.05) is 13.0 Å². The second-order valence-corrected chi connectivity index (χ2v) is 4.09. The predicted octanol–water partition coefficient (Wildman–Crippen LogP) is -0.0579. The van der Waals surface area contributed by atoms with E-state index in [1.54, 1.807) is 19.2 Å². The Morgan fingerprint density at radius 2 is 1.76 bits per heavy atom. The van der Waals surface area contributed by atoms with E-state index in [0.29, 0.717) is 0 Å². The van der Waals surface area contributed by atoms with Crippen LogP contribution in [0.2, 0.25) is 0 Å². The van der Waals surface area contributed by atoms with Crippen LogP contribution in [0.5, 0.6) is 0 Å². The Morgan fingerprint density at radius 1 is 1.24 bits per heavy atom. The van der Waals surface area contributed by atoms with Gasteiger partial charge >= 0.3 is 12.1 Å². The highest BCUT2D eigenvalue weighted by atomic mass is 19.4. The number of amides is 2. The fraction of sp³-hybridized carbons (Fsp3) is 0.778. The Balaban J connectivity index is 3.92. The molecule has 0 aromatic carbocycles. The van der Waals surface area contributed by atoms with Gasteiger partial charge in [0.05, 0.1) is 12.1 Å². The van der Waals surface area contributed by atoms with E-state index in [-0.39, 0.29) is 13.0 Å². The topological polar surface area (TPSA) is 78.4 Å². The molecule has 0 aromatic rings. The van der Waals surface area contributed by atoms with Gasteiger partial charge in [-0.2, -0.15) is 13.2 Å².